The minimum Gasteiger partial charge on any atom is -0.342 e. The summed E-state index contributed by atoms with van der Waals surface area (Å²) < 4.78 is 28.7. The third-order valence-corrected chi connectivity index (χ3v) is 7.32. The molecular formula is C27H27N5O4S. The van der Waals surface area contributed by atoms with Crippen molar-refractivity contribution < 1.29 is 18.0 Å². The van der Waals surface area contributed by atoms with Crippen LogP contribution in [0.25, 0.3) is 10.9 Å². The van der Waals surface area contributed by atoms with E-state index in [0.29, 0.717) is 48.5 Å². The molecule has 190 valence electrons. The molecule has 2 aromatic carbocycles. The molecule has 0 saturated carbocycles. The number of pyridine rings is 2. The zero-order valence-electron chi connectivity index (χ0n) is 20.3. The SMILES string of the molecule is Cc1cc(C(=O)N2CCN(C=O)CC2)ccc1NS(=O)(=O)c1cccc2cccnc12.c1ccncc1. The number of hydrogen-bond acceptors (Lipinski definition) is 6. The van der Waals surface area contributed by atoms with Crippen molar-refractivity contribution in [3.63, 3.8) is 0 Å². The molecular weight excluding hydrogens is 490 g/mol. The van der Waals surface area contributed by atoms with E-state index in [1.165, 1.54) is 6.07 Å². The summed E-state index contributed by atoms with van der Waals surface area (Å²) in [5, 5.41) is 0.734. The molecule has 3 heterocycles. The maximum Gasteiger partial charge on any atom is 0.264 e. The molecule has 2 aromatic heterocycles. The highest BCUT2D eigenvalue weighted by atomic mass is 32.2. The molecule has 0 radical (unpaired) electrons. The zero-order valence-corrected chi connectivity index (χ0v) is 21.1. The summed E-state index contributed by atoms with van der Waals surface area (Å²) in [5.41, 5.74) is 1.91. The van der Waals surface area contributed by atoms with Gasteiger partial charge in [-0.2, -0.15) is 0 Å². The van der Waals surface area contributed by atoms with Crippen LogP contribution in [-0.4, -0.2) is 66.7 Å². The number of hydrogen-bond donors (Lipinski definition) is 1. The van der Waals surface area contributed by atoms with Crippen molar-refractivity contribution in [3.05, 3.63) is 96.4 Å². The second-order valence-electron chi connectivity index (χ2n) is 8.42. The molecule has 9 nitrogen and oxygen atoms in total. The van der Waals surface area contributed by atoms with Crippen LogP contribution in [-0.2, 0) is 14.8 Å². The number of amides is 2. The molecule has 5 rings (SSSR count). The van der Waals surface area contributed by atoms with Crippen molar-refractivity contribution >= 4 is 38.9 Å². The topological polar surface area (TPSA) is 113 Å². The van der Waals surface area contributed by atoms with Gasteiger partial charge in [0.15, 0.2) is 0 Å². The summed E-state index contributed by atoms with van der Waals surface area (Å²) in [6, 6.07) is 19.2. The van der Waals surface area contributed by atoms with Gasteiger partial charge in [0, 0.05) is 55.7 Å². The van der Waals surface area contributed by atoms with Crippen molar-refractivity contribution in [2.24, 2.45) is 0 Å². The largest absolute Gasteiger partial charge is 0.342 e. The van der Waals surface area contributed by atoms with E-state index in [-0.39, 0.29) is 10.8 Å². The first-order chi connectivity index (χ1) is 17.9. The van der Waals surface area contributed by atoms with Crippen LogP contribution in [0, 0.1) is 6.92 Å². The fourth-order valence-corrected chi connectivity index (χ4v) is 5.24. The molecule has 4 aromatic rings. The van der Waals surface area contributed by atoms with Crippen LogP contribution >= 0.6 is 0 Å². The van der Waals surface area contributed by atoms with Gasteiger partial charge in [-0.25, -0.2) is 8.42 Å². The molecule has 0 atom stereocenters. The highest BCUT2D eigenvalue weighted by Gasteiger charge is 2.23. The van der Waals surface area contributed by atoms with Crippen LogP contribution < -0.4 is 4.72 Å². The van der Waals surface area contributed by atoms with E-state index in [1.54, 1.807) is 65.6 Å². The Morgan fingerprint density at radius 2 is 1.65 bits per heavy atom. The number of benzene rings is 2. The third kappa shape index (κ3) is 6.28. The number of nitrogens with one attached hydrogen (secondary N) is 1. The van der Waals surface area contributed by atoms with Gasteiger partial charge in [0.2, 0.25) is 6.41 Å². The lowest BCUT2D eigenvalue weighted by molar-refractivity contribution is -0.119. The fourth-order valence-electron chi connectivity index (χ4n) is 3.93. The molecule has 0 bridgehead atoms. The van der Waals surface area contributed by atoms with E-state index in [2.05, 4.69) is 14.7 Å². The molecule has 10 heteroatoms. The third-order valence-electron chi connectivity index (χ3n) is 5.92. The predicted octanol–water partition coefficient (Wildman–Crippen LogP) is 3.34. The van der Waals surface area contributed by atoms with Crippen molar-refractivity contribution in [1.29, 1.82) is 0 Å². The summed E-state index contributed by atoms with van der Waals surface area (Å²) >= 11 is 0. The molecule has 1 aliphatic rings. The van der Waals surface area contributed by atoms with Crippen LogP contribution in [0.15, 0.2) is 90.2 Å². The Hall–Kier alpha value is -4.31. The number of anilines is 1. The first-order valence-electron chi connectivity index (χ1n) is 11.7. The van der Waals surface area contributed by atoms with Crippen LogP contribution in [0.3, 0.4) is 0 Å². The molecule has 0 spiro atoms. The number of carbonyl (C=O) groups excluding carboxylic acids is 2. The first kappa shape index (κ1) is 25.8. The van der Waals surface area contributed by atoms with Crippen LogP contribution in [0.2, 0.25) is 0 Å². The number of fused-ring (bicyclic) bond motifs is 1. The fraction of sp³-hybridized carbons (Fsp3) is 0.185. The number of rotatable bonds is 5. The number of piperazine rings is 1. The predicted molar refractivity (Wildman–Crippen MR) is 142 cm³/mol. The maximum atomic E-state index is 13.0. The number of sulfonamides is 1. The standard InChI is InChI=1S/C22H22N4O4S.C5H5N/c1-16-14-18(22(28)26-12-10-25(15-27)11-13-26)7-8-19(16)24-31(29,30)20-6-2-4-17-5-3-9-23-21(17)20;1-2-4-6-5-3-1/h2-9,14-15,24H,10-13H2,1H3;1-5H. The lowest BCUT2D eigenvalue weighted by Gasteiger charge is -2.32. The van der Waals surface area contributed by atoms with Crippen LogP contribution in [0.5, 0.6) is 0 Å². The van der Waals surface area contributed by atoms with Gasteiger partial charge in [-0.05, 0) is 55.0 Å². The molecule has 37 heavy (non-hydrogen) atoms. The number of para-hydroxylation sites is 1. The number of nitrogens with zero attached hydrogens (tertiary/aromatic N) is 4. The second kappa shape index (κ2) is 11.6. The Morgan fingerprint density at radius 3 is 2.27 bits per heavy atom. The van der Waals surface area contributed by atoms with Gasteiger partial charge in [0.1, 0.15) is 4.90 Å². The Morgan fingerprint density at radius 1 is 0.919 bits per heavy atom. The highest BCUT2D eigenvalue weighted by molar-refractivity contribution is 7.93. The number of carbonyl (C=O) groups is 2. The van der Waals surface area contributed by atoms with Crippen molar-refractivity contribution in [1.82, 2.24) is 19.8 Å². The first-order valence-corrected chi connectivity index (χ1v) is 13.2. The normalized spacial score (nSPS) is 13.4. The zero-order chi connectivity index (χ0) is 26.3. The molecule has 0 aliphatic carbocycles. The van der Waals surface area contributed by atoms with Gasteiger partial charge in [0.25, 0.3) is 15.9 Å². The summed E-state index contributed by atoms with van der Waals surface area (Å²) in [6.07, 6.45) is 5.85. The Balaban J connectivity index is 0.000000469. The lowest BCUT2D eigenvalue weighted by Crippen LogP contribution is -2.48. The van der Waals surface area contributed by atoms with E-state index in [4.69, 9.17) is 0 Å². The number of aromatic nitrogens is 2. The molecule has 0 unspecified atom stereocenters. The van der Waals surface area contributed by atoms with Gasteiger partial charge >= 0.3 is 0 Å². The van der Waals surface area contributed by atoms with Gasteiger partial charge in [-0.3, -0.25) is 24.3 Å². The monoisotopic (exact) mass is 517 g/mol. The van der Waals surface area contributed by atoms with E-state index in [0.717, 1.165) is 11.8 Å². The van der Waals surface area contributed by atoms with Gasteiger partial charge < -0.3 is 9.80 Å². The maximum absolute atomic E-state index is 13.0. The smallest absolute Gasteiger partial charge is 0.264 e. The average Bonchev–Trinajstić information content (AvgIpc) is 2.94. The molecule has 1 fully saturated rings. The van der Waals surface area contributed by atoms with Crippen molar-refractivity contribution in [2.45, 2.75) is 11.8 Å². The second-order valence-corrected chi connectivity index (χ2v) is 10.1. The number of aryl methyl sites for hydroxylation is 1. The van der Waals surface area contributed by atoms with Crippen LogP contribution in [0.1, 0.15) is 15.9 Å². The minimum atomic E-state index is -3.87. The van der Waals surface area contributed by atoms with Crippen molar-refractivity contribution in [3.8, 4) is 0 Å². The molecule has 2 amide bonds. The van der Waals surface area contributed by atoms with Gasteiger partial charge in [-0.1, -0.05) is 24.3 Å². The van der Waals surface area contributed by atoms with Crippen molar-refractivity contribution in [2.75, 3.05) is 30.9 Å². The quantitative estimate of drug-likeness (QED) is 0.407. The minimum absolute atomic E-state index is 0.0956. The van der Waals surface area contributed by atoms with E-state index < -0.39 is 10.0 Å². The van der Waals surface area contributed by atoms with Crippen LogP contribution in [0.4, 0.5) is 5.69 Å². The Kier molecular flexibility index (Phi) is 8.09. The Bertz CT molecular complexity index is 1460. The molecule has 1 saturated heterocycles. The average molecular weight is 518 g/mol. The molecule has 1 aliphatic heterocycles. The lowest BCUT2D eigenvalue weighted by atomic mass is 10.1. The summed E-state index contributed by atoms with van der Waals surface area (Å²) in [6.45, 7) is 3.70. The van der Waals surface area contributed by atoms with Gasteiger partial charge in [0.05, 0.1) is 11.2 Å². The van der Waals surface area contributed by atoms with E-state index in [9.17, 15) is 18.0 Å². The Labute approximate surface area is 215 Å². The highest BCUT2D eigenvalue weighted by Crippen LogP contribution is 2.25. The van der Waals surface area contributed by atoms with E-state index in [1.807, 2.05) is 30.3 Å². The van der Waals surface area contributed by atoms with E-state index >= 15 is 0 Å². The van der Waals surface area contributed by atoms with Gasteiger partial charge in [-0.15, -0.1) is 0 Å². The summed E-state index contributed by atoms with van der Waals surface area (Å²) in [7, 11) is -3.87. The molecule has 1 N–H and O–H groups in total. The summed E-state index contributed by atoms with van der Waals surface area (Å²) in [5.74, 6) is -0.138. The summed E-state index contributed by atoms with van der Waals surface area (Å²) in [4.78, 5) is 35.1.